The summed E-state index contributed by atoms with van der Waals surface area (Å²) in [5, 5.41) is 0. The zero-order chi connectivity index (χ0) is 10.6. The van der Waals surface area contributed by atoms with Crippen LogP contribution >= 0.6 is 18.5 Å². The molecular formula is C12H19PS. The van der Waals surface area contributed by atoms with Gasteiger partial charge < -0.3 is 0 Å². The summed E-state index contributed by atoms with van der Waals surface area (Å²) in [5.41, 5.74) is 1.60. The molecule has 0 spiro atoms. The predicted octanol–water partition coefficient (Wildman–Crippen LogP) is 4.99. The molecule has 78 valence electrons. The fraction of sp³-hybridized carbons (Fsp3) is 0.500. The van der Waals surface area contributed by atoms with Crippen molar-refractivity contribution in [3.8, 4) is 0 Å². The van der Waals surface area contributed by atoms with Crippen molar-refractivity contribution in [2.75, 3.05) is 0 Å². The monoisotopic (exact) mass is 226 g/mol. The molecule has 0 radical (unpaired) electrons. The van der Waals surface area contributed by atoms with Crippen LogP contribution in [0.25, 0.3) is 0 Å². The number of hydrogen-bond donors (Lipinski definition) is 0. The summed E-state index contributed by atoms with van der Waals surface area (Å²) in [6, 6.07) is 10.7. The number of rotatable bonds is 4. The van der Waals surface area contributed by atoms with Gasteiger partial charge in [0.05, 0.1) is 0 Å². The van der Waals surface area contributed by atoms with Crippen LogP contribution in [0.3, 0.4) is 0 Å². The van der Waals surface area contributed by atoms with Gasteiger partial charge in [0, 0.05) is 4.90 Å². The topological polar surface area (TPSA) is 0 Å². The summed E-state index contributed by atoms with van der Waals surface area (Å²) < 4.78 is 0. The molecule has 0 amide bonds. The molecule has 0 aromatic heterocycles. The zero-order valence-corrected chi connectivity index (χ0v) is 11.1. The Morgan fingerprint density at radius 2 is 1.43 bits per heavy atom. The zero-order valence-electron chi connectivity index (χ0n) is 9.40. The normalized spacial score (nSPS) is 11.6. The van der Waals surface area contributed by atoms with Gasteiger partial charge in [-0.1, -0.05) is 57.3 Å². The highest BCUT2D eigenvalue weighted by atomic mass is 32.7. The molecule has 0 atom stereocenters. The van der Waals surface area contributed by atoms with Gasteiger partial charge in [-0.25, -0.2) is 0 Å². The molecule has 0 aliphatic rings. The van der Waals surface area contributed by atoms with Crippen molar-refractivity contribution in [3.63, 3.8) is 0 Å². The summed E-state index contributed by atoms with van der Waals surface area (Å²) in [6.07, 6.45) is 0. The predicted molar refractivity (Wildman–Crippen MR) is 69.5 cm³/mol. The van der Waals surface area contributed by atoms with Gasteiger partial charge in [-0.05, 0) is 30.6 Å². The Kier molecular flexibility index (Phi) is 4.98. The third-order valence-electron chi connectivity index (χ3n) is 1.97. The quantitative estimate of drug-likeness (QED) is 0.651. The van der Waals surface area contributed by atoms with Gasteiger partial charge in [0.25, 0.3) is 0 Å². The van der Waals surface area contributed by atoms with Crippen molar-refractivity contribution in [1.82, 2.24) is 0 Å². The molecule has 1 aromatic carbocycles. The van der Waals surface area contributed by atoms with Crippen LogP contribution in [-0.2, 0) is 0 Å². The Balaban J connectivity index is 2.65. The van der Waals surface area contributed by atoms with Gasteiger partial charge in [-0.3, -0.25) is 0 Å². The van der Waals surface area contributed by atoms with Crippen LogP contribution < -0.4 is 0 Å². The van der Waals surface area contributed by atoms with Crippen molar-refractivity contribution in [2.24, 2.45) is 0 Å². The molecule has 0 unspecified atom stereocenters. The standard InChI is InChI=1S/C12H19PS/c1-10(2)13(11(3)4)14-12-8-6-5-7-9-12/h5-11H,1-4H3. The van der Waals surface area contributed by atoms with Gasteiger partial charge in [-0.15, -0.1) is 0 Å². The summed E-state index contributed by atoms with van der Waals surface area (Å²) in [6.45, 7) is 9.34. The first-order chi connectivity index (χ1) is 6.61. The van der Waals surface area contributed by atoms with E-state index in [1.807, 2.05) is 0 Å². The maximum Gasteiger partial charge on any atom is 0.0116 e. The minimum absolute atomic E-state index is 0.0617. The van der Waals surface area contributed by atoms with Gasteiger partial charge in [0.2, 0.25) is 0 Å². The molecule has 0 aliphatic heterocycles. The van der Waals surface area contributed by atoms with E-state index in [1.165, 1.54) is 4.90 Å². The average molecular weight is 226 g/mol. The molecule has 1 rings (SSSR count). The third kappa shape index (κ3) is 3.63. The molecule has 0 aliphatic carbocycles. The summed E-state index contributed by atoms with van der Waals surface area (Å²) in [7, 11) is 0.0617. The first kappa shape index (κ1) is 12.1. The summed E-state index contributed by atoms with van der Waals surface area (Å²) >= 11 is 2.07. The Bertz CT molecular complexity index is 248. The lowest BCUT2D eigenvalue weighted by atomic mass is 10.4. The second-order valence-corrected chi connectivity index (χ2v) is 9.20. The lowest BCUT2D eigenvalue weighted by Gasteiger charge is -2.24. The smallest absolute Gasteiger partial charge is 0.0116 e. The SMILES string of the molecule is CC(C)P(Sc1ccccc1)C(C)C. The van der Waals surface area contributed by atoms with Gasteiger partial charge >= 0.3 is 0 Å². The van der Waals surface area contributed by atoms with E-state index in [0.29, 0.717) is 0 Å². The highest BCUT2D eigenvalue weighted by molar-refractivity contribution is 8.56. The van der Waals surface area contributed by atoms with E-state index in [-0.39, 0.29) is 7.12 Å². The van der Waals surface area contributed by atoms with Crippen LogP contribution in [-0.4, -0.2) is 11.3 Å². The maximum absolute atomic E-state index is 2.33. The van der Waals surface area contributed by atoms with E-state index in [1.54, 1.807) is 0 Å². The summed E-state index contributed by atoms with van der Waals surface area (Å²) in [5.74, 6) is 0. The Morgan fingerprint density at radius 3 is 1.86 bits per heavy atom. The second-order valence-electron chi connectivity index (χ2n) is 3.95. The van der Waals surface area contributed by atoms with E-state index in [0.717, 1.165) is 11.3 Å². The molecule has 14 heavy (non-hydrogen) atoms. The molecule has 0 N–H and O–H groups in total. The van der Waals surface area contributed by atoms with Crippen molar-refractivity contribution < 1.29 is 0 Å². The Morgan fingerprint density at radius 1 is 0.929 bits per heavy atom. The highest BCUT2D eigenvalue weighted by Crippen LogP contribution is 2.60. The summed E-state index contributed by atoms with van der Waals surface area (Å²) in [4.78, 5) is 1.42. The van der Waals surface area contributed by atoms with Crippen LogP contribution in [0, 0.1) is 0 Å². The molecular weight excluding hydrogens is 207 g/mol. The third-order valence-corrected chi connectivity index (χ3v) is 8.50. The van der Waals surface area contributed by atoms with Crippen molar-refractivity contribution in [3.05, 3.63) is 30.3 Å². The van der Waals surface area contributed by atoms with Crippen LogP contribution in [0.4, 0.5) is 0 Å². The van der Waals surface area contributed by atoms with Gasteiger partial charge in [-0.2, -0.15) is 0 Å². The molecule has 0 bridgehead atoms. The van der Waals surface area contributed by atoms with E-state index in [4.69, 9.17) is 0 Å². The fourth-order valence-corrected chi connectivity index (χ4v) is 5.91. The maximum atomic E-state index is 2.33. The molecule has 2 heteroatoms. The van der Waals surface area contributed by atoms with Crippen molar-refractivity contribution in [1.29, 1.82) is 0 Å². The Hall–Kier alpha value is 0. The van der Waals surface area contributed by atoms with Crippen LogP contribution in [0.1, 0.15) is 27.7 Å². The van der Waals surface area contributed by atoms with E-state index < -0.39 is 0 Å². The van der Waals surface area contributed by atoms with Crippen LogP contribution in [0.5, 0.6) is 0 Å². The fourth-order valence-electron chi connectivity index (χ4n) is 1.41. The Labute approximate surface area is 93.0 Å². The minimum atomic E-state index is 0.0617. The van der Waals surface area contributed by atoms with Gasteiger partial charge in [0.15, 0.2) is 0 Å². The first-order valence-corrected chi connectivity index (χ1v) is 8.02. The van der Waals surface area contributed by atoms with E-state index in [9.17, 15) is 0 Å². The van der Waals surface area contributed by atoms with E-state index >= 15 is 0 Å². The van der Waals surface area contributed by atoms with E-state index in [2.05, 4.69) is 69.4 Å². The molecule has 0 saturated carbocycles. The lowest BCUT2D eigenvalue weighted by molar-refractivity contribution is 1.03. The number of hydrogen-bond acceptors (Lipinski definition) is 1. The van der Waals surface area contributed by atoms with Gasteiger partial charge in [0.1, 0.15) is 0 Å². The first-order valence-electron chi connectivity index (χ1n) is 5.12. The average Bonchev–Trinajstić information content (AvgIpc) is 2.15. The van der Waals surface area contributed by atoms with Crippen LogP contribution in [0.2, 0.25) is 0 Å². The van der Waals surface area contributed by atoms with Crippen molar-refractivity contribution >= 4 is 18.5 Å². The molecule has 0 nitrogen and oxygen atoms in total. The highest BCUT2D eigenvalue weighted by Gasteiger charge is 2.17. The lowest BCUT2D eigenvalue weighted by Crippen LogP contribution is -1.99. The minimum Gasteiger partial charge on any atom is -0.0981 e. The largest absolute Gasteiger partial charge is 0.0981 e. The van der Waals surface area contributed by atoms with Crippen LogP contribution in [0.15, 0.2) is 35.2 Å². The number of benzene rings is 1. The molecule has 0 saturated heterocycles. The molecule has 0 heterocycles. The molecule has 1 aromatic rings. The molecule has 0 fully saturated rings. The second kappa shape index (κ2) is 5.78. The van der Waals surface area contributed by atoms with Crippen molar-refractivity contribution in [2.45, 2.75) is 43.9 Å².